The Kier molecular flexibility index (Phi) is 5.24. The van der Waals surface area contributed by atoms with Crippen molar-refractivity contribution in [3.05, 3.63) is 54.5 Å². The van der Waals surface area contributed by atoms with Crippen molar-refractivity contribution in [2.24, 2.45) is 5.73 Å². The Morgan fingerprint density at radius 3 is 2.84 bits per heavy atom. The van der Waals surface area contributed by atoms with Crippen LogP contribution in [0, 0.1) is 6.92 Å². The van der Waals surface area contributed by atoms with E-state index in [0.29, 0.717) is 16.7 Å². The van der Waals surface area contributed by atoms with Gasteiger partial charge in [0, 0.05) is 30.1 Å². The largest absolute Gasteiger partial charge is 0.410 e. The molecule has 5 rings (SSSR count). The number of aryl methyl sites for hydroxylation is 1. The fraction of sp³-hybridized carbons (Fsp3) is 0.261. The van der Waals surface area contributed by atoms with Gasteiger partial charge < -0.3 is 15.2 Å². The Hall–Kier alpha value is -3.85. The molecule has 9 heteroatoms. The third-order valence-corrected chi connectivity index (χ3v) is 5.32. The van der Waals surface area contributed by atoms with Gasteiger partial charge in [-0.2, -0.15) is 5.10 Å². The first kappa shape index (κ1) is 20.1. The van der Waals surface area contributed by atoms with Crippen molar-refractivity contribution in [3.8, 4) is 28.4 Å². The molecule has 1 amide bonds. The molecule has 1 fully saturated rings. The van der Waals surface area contributed by atoms with Crippen LogP contribution >= 0.6 is 0 Å². The minimum Gasteiger partial charge on any atom is -0.409 e. The Morgan fingerprint density at radius 2 is 2.06 bits per heavy atom. The van der Waals surface area contributed by atoms with Gasteiger partial charge in [-0.15, -0.1) is 0 Å². The van der Waals surface area contributed by atoms with Crippen molar-refractivity contribution in [2.45, 2.75) is 32.4 Å². The summed E-state index contributed by atoms with van der Waals surface area (Å²) in [5, 5.41) is 4.85. The average Bonchev–Trinajstić information content (AvgIpc) is 3.24. The van der Waals surface area contributed by atoms with Gasteiger partial charge in [0.05, 0.1) is 28.6 Å². The molecular weight excluding hydrogens is 408 g/mol. The van der Waals surface area contributed by atoms with E-state index in [9.17, 15) is 4.79 Å². The summed E-state index contributed by atoms with van der Waals surface area (Å²) in [6.07, 6.45) is 5.45. The van der Waals surface area contributed by atoms with Crippen LogP contribution in [0.25, 0.3) is 33.7 Å². The number of primary amides is 1. The van der Waals surface area contributed by atoms with E-state index in [1.807, 2.05) is 48.1 Å². The van der Waals surface area contributed by atoms with E-state index >= 15 is 0 Å². The standard InChI is InChI=1S/C23H22N6O3/c1-14-5-4-6-19(26-14)22-16(13-29(28-22)21-7-2-3-10-31-21)17-8-9-18-20(27-17)11-15(12-25-18)32-23(24)30/h4-6,8-9,11-13,21H,2-3,7,10H2,1H3,(H2,24,30). The summed E-state index contributed by atoms with van der Waals surface area (Å²) in [6.45, 7) is 2.67. The molecule has 2 N–H and O–H groups in total. The van der Waals surface area contributed by atoms with Crippen LogP contribution in [0.15, 0.2) is 48.8 Å². The highest BCUT2D eigenvalue weighted by atomic mass is 16.5. The lowest BCUT2D eigenvalue weighted by atomic mass is 10.1. The lowest BCUT2D eigenvalue weighted by Gasteiger charge is -2.22. The van der Waals surface area contributed by atoms with Gasteiger partial charge in [-0.05, 0) is 50.5 Å². The number of amides is 1. The highest BCUT2D eigenvalue weighted by molar-refractivity contribution is 5.83. The molecule has 0 aliphatic carbocycles. The summed E-state index contributed by atoms with van der Waals surface area (Å²) in [7, 11) is 0. The summed E-state index contributed by atoms with van der Waals surface area (Å²) in [4.78, 5) is 24.8. The Balaban J connectivity index is 1.62. The number of fused-ring (bicyclic) bond motifs is 1. The third-order valence-electron chi connectivity index (χ3n) is 5.32. The van der Waals surface area contributed by atoms with Crippen molar-refractivity contribution in [1.29, 1.82) is 0 Å². The summed E-state index contributed by atoms with van der Waals surface area (Å²) >= 11 is 0. The van der Waals surface area contributed by atoms with E-state index in [2.05, 4.69) is 9.97 Å². The molecule has 0 aromatic carbocycles. The number of nitrogens with two attached hydrogens (primary N) is 1. The minimum absolute atomic E-state index is 0.112. The molecule has 5 heterocycles. The van der Waals surface area contributed by atoms with Gasteiger partial charge in [0.1, 0.15) is 11.9 Å². The van der Waals surface area contributed by atoms with Gasteiger partial charge >= 0.3 is 6.09 Å². The first-order chi connectivity index (χ1) is 15.6. The lowest BCUT2D eigenvalue weighted by molar-refractivity contribution is -0.0393. The van der Waals surface area contributed by atoms with E-state index in [4.69, 9.17) is 25.3 Å². The maximum absolute atomic E-state index is 11.1. The van der Waals surface area contributed by atoms with E-state index in [1.165, 1.54) is 6.20 Å². The fourth-order valence-corrected chi connectivity index (χ4v) is 3.83. The number of nitrogens with zero attached hydrogens (tertiary/aromatic N) is 5. The highest BCUT2D eigenvalue weighted by Crippen LogP contribution is 2.33. The molecule has 1 atom stereocenters. The van der Waals surface area contributed by atoms with Gasteiger partial charge in [0.25, 0.3) is 0 Å². The van der Waals surface area contributed by atoms with Gasteiger partial charge in [-0.25, -0.2) is 14.5 Å². The number of hydrogen-bond donors (Lipinski definition) is 1. The molecule has 4 aromatic rings. The van der Waals surface area contributed by atoms with Gasteiger partial charge in [-0.1, -0.05) is 6.07 Å². The predicted molar refractivity (Wildman–Crippen MR) is 118 cm³/mol. The molecule has 1 unspecified atom stereocenters. The molecule has 0 radical (unpaired) electrons. The smallest absolute Gasteiger partial charge is 0.409 e. The van der Waals surface area contributed by atoms with Crippen molar-refractivity contribution in [3.63, 3.8) is 0 Å². The minimum atomic E-state index is -0.899. The molecule has 1 aliphatic heterocycles. The van der Waals surface area contributed by atoms with Crippen molar-refractivity contribution in [1.82, 2.24) is 24.7 Å². The second-order valence-electron chi connectivity index (χ2n) is 7.68. The summed E-state index contributed by atoms with van der Waals surface area (Å²) in [5.74, 6) is 0.238. The second-order valence-corrected chi connectivity index (χ2v) is 7.68. The first-order valence-electron chi connectivity index (χ1n) is 10.5. The highest BCUT2D eigenvalue weighted by Gasteiger charge is 2.22. The number of carbonyl (C=O) groups is 1. The van der Waals surface area contributed by atoms with Crippen molar-refractivity contribution < 1.29 is 14.3 Å². The van der Waals surface area contributed by atoms with Crippen LogP contribution in [-0.4, -0.2) is 37.4 Å². The van der Waals surface area contributed by atoms with Crippen LogP contribution in [0.5, 0.6) is 5.75 Å². The van der Waals surface area contributed by atoms with Crippen LogP contribution < -0.4 is 10.5 Å². The maximum atomic E-state index is 11.1. The molecular formula is C23H22N6O3. The summed E-state index contributed by atoms with van der Waals surface area (Å²) < 4.78 is 12.8. The van der Waals surface area contributed by atoms with Crippen LogP contribution in [0.2, 0.25) is 0 Å². The topological polar surface area (TPSA) is 118 Å². The molecule has 9 nitrogen and oxygen atoms in total. The van der Waals surface area contributed by atoms with Crippen LogP contribution in [-0.2, 0) is 4.74 Å². The maximum Gasteiger partial charge on any atom is 0.410 e. The lowest BCUT2D eigenvalue weighted by Crippen LogP contribution is -2.18. The SMILES string of the molecule is Cc1cccc(-c2nn(C3CCCCO3)cc2-c2ccc3ncc(OC(N)=O)cc3n2)n1. The molecule has 162 valence electrons. The van der Waals surface area contributed by atoms with Crippen LogP contribution in [0.3, 0.4) is 0 Å². The molecule has 32 heavy (non-hydrogen) atoms. The predicted octanol–water partition coefficient (Wildman–Crippen LogP) is 4.02. The molecule has 0 spiro atoms. The van der Waals surface area contributed by atoms with Gasteiger partial charge in [0.2, 0.25) is 0 Å². The van der Waals surface area contributed by atoms with E-state index < -0.39 is 6.09 Å². The van der Waals surface area contributed by atoms with E-state index in [1.54, 1.807) is 6.07 Å². The number of ether oxygens (including phenoxy) is 2. The fourth-order valence-electron chi connectivity index (χ4n) is 3.83. The van der Waals surface area contributed by atoms with Crippen LogP contribution in [0.4, 0.5) is 4.79 Å². The van der Waals surface area contributed by atoms with E-state index in [-0.39, 0.29) is 12.0 Å². The first-order valence-corrected chi connectivity index (χ1v) is 10.5. The van der Waals surface area contributed by atoms with Gasteiger partial charge in [0.15, 0.2) is 5.75 Å². The zero-order chi connectivity index (χ0) is 22.1. The zero-order valence-electron chi connectivity index (χ0n) is 17.6. The number of aromatic nitrogens is 5. The second kappa shape index (κ2) is 8.35. The third kappa shape index (κ3) is 4.02. The average molecular weight is 430 g/mol. The number of pyridine rings is 3. The van der Waals surface area contributed by atoms with E-state index in [0.717, 1.165) is 48.5 Å². The summed E-state index contributed by atoms with van der Waals surface area (Å²) in [5.41, 5.74) is 10.3. The normalized spacial score (nSPS) is 16.2. The van der Waals surface area contributed by atoms with Crippen molar-refractivity contribution in [2.75, 3.05) is 6.61 Å². The molecule has 4 aromatic heterocycles. The van der Waals surface area contributed by atoms with Gasteiger partial charge in [-0.3, -0.25) is 9.97 Å². The van der Waals surface area contributed by atoms with Crippen molar-refractivity contribution >= 4 is 17.1 Å². The molecule has 0 saturated carbocycles. The summed E-state index contributed by atoms with van der Waals surface area (Å²) in [6, 6.07) is 11.2. The Morgan fingerprint density at radius 1 is 1.16 bits per heavy atom. The quantitative estimate of drug-likeness (QED) is 0.519. The van der Waals surface area contributed by atoms with Crippen LogP contribution in [0.1, 0.15) is 31.2 Å². The Bertz CT molecular complexity index is 1300. The zero-order valence-corrected chi connectivity index (χ0v) is 17.6. The number of hydrogen-bond acceptors (Lipinski definition) is 7. The monoisotopic (exact) mass is 430 g/mol. The number of carbonyl (C=O) groups excluding carboxylic acids is 1. The molecule has 0 bridgehead atoms. The molecule has 1 saturated heterocycles. The Labute approximate surface area is 184 Å². The number of rotatable bonds is 4. The molecule has 1 aliphatic rings.